The standard InChI is InChI=1S/C28H48O/c1-18(2)15-19(3)16-20(4)24-9-10-25-23-8-7-21-17-22(29)11-13-27(21,5)26(23)12-14-28(24,25)6/h7,18-20,22-26,29H,8-17H2,1-6H3. The molecule has 0 radical (unpaired) electrons. The van der Waals surface area contributed by atoms with Crippen molar-refractivity contribution in [2.45, 2.75) is 112 Å². The van der Waals surface area contributed by atoms with Crippen molar-refractivity contribution in [1.82, 2.24) is 0 Å². The Balaban J connectivity index is 1.50. The fourth-order valence-corrected chi connectivity index (χ4v) is 9.32. The lowest BCUT2D eigenvalue weighted by Gasteiger charge is -2.58. The van der Waals surface area contributed by atoms with Crippen molar-refractivity contribution in [3.8, 4) is 0 Å². The molecule has 3 fully saturated rings. The molecule has 3 saturated carbocycles. The molecule has 1 heteroatoms. The van der Waals surface area contributed by atoms with Crippen LogP contribution < -0.4 is 0 Å². The summed E-state index contributed by atoms with van der Waals surface area (Å²) in [5.74, 6) is 6.25. The molecule has 0 spiro atoms. The number of hydrogen-bond donors (Lipinski definition) is 1. The van der Waals surface area contributed by atoms with Gasteiger partial charge >= 0.3 is 0 Å². The summed E-state index contributed by atoms with van der Waals surface area (Å²) >= 11 is 0. The van der Waals surface area contributed by atoms with Gasteiger partial charge in [0, 0.05) is 0 Å². The van der Waals surface area contributed by atoms with E-state index in [2.05, 4.69) is 47.6 Å². The first-order valence-electron chi connectivity index (χ1n) is 13.0. The number of aliphatic hydroxyl groups is 1. The Kier molecular flexibility index (Phi) is 6.04. The van der Waals surface area contributed by atoms with E-state index >= 15 is 0 Å². The largest absolute Gasteiger partial charge is 0.393 e. The molecule has 29 heavy (non-hydrogen) atoms. The van der Waals surface area contributed by atoms with Crippen LogP contribution in [0.3, 0.4) is 0 Å². The Morgan fingerprint density at radius 1 is 0.966 bits per heavy atom. The summed E-state index contributed by atoms with van der Waals surface area (Å²) in [5.41, 5.74) is 2.58. The highest BCUT2D eigenvalue weighted by atomic mass is 16.3. The third kappa shape index (κ3) is 3.77. The second-order valence-electron chi connectivity index (χ2n) is 12.8. The van der Waals surface area contributed by atoms with Crippen LogP contribution in [0.5, 0.6) is 0 Å². The number of fused-ring (bicyclic) bond motifs is 5. The summed E-state index contributed by atoms with van der Waals surface area (Å²) in [7, 11) is 0. The van der Waals surface area contributed by atoms with Gasteiger partial charge in [0.15, 0.2) is 0 Å². The lowest BCUT2D eigenvalue weighted by atomic mass is 9.47. The minimum atomic E-state index is -0.0794. The van der Waals surface area contributed by atoms with E-state index in [4.69, 9.17) is 0 Å². The van der Waals surface area contributed by atoms with E-state index in [0.717, 1.165) is 54.3 Å². The molecule has 0 saturated heterocycles. The molecule has 0 aromatic carbocycles. The molecule has 1 N–H and O–H groups in total. The molecule has 0 bridgehead atoms. The maximum atomic E-state index is 10.2. The van der Waals surface area contributed by atoms with E-state index in [-0.39, 0.29) is 6.10 Å². The molecule has 0 aliphatic heterocycles. The molecule has 4 rings (SSSR count). The van der Waals surface area contributed by atoms with E-state index in [0.29, 0.717) is 10.8 Å². The molecule has 9 atom stereocenters. The highest BCUT2D eigenvalue weighted by Gasteiger charge is 2.59. The van der Waals surface area contributed by atoms with Crippen molar-refractivity contribution in [2.24, 2.45) is 52.3 Å². The van der Waals surface area contributed by atoms with Crippen molar-refractivity contribution in [3.63, 3.8) is 0 Å². The van der Waals surface area contributed by atoms with Crippen LogP contribution in [0.1, 0.15) is 106 Å². The highest BCUT2D eigenvalue weighted by Crippen LogP contribution is 2.67. The van der Waals surface area contributed by atoms with Crippen molar-refractivity contribution in [2.75, 3.05) is 0 Å². The predicted molar refractivity (Wildman–Crippen MR) is 124 cm³/mol. The lowest BCUT2D eigenvalue weighted by molar-refractivity contribution is -0.0580. The maximum absolute atomic E-state index is 10.2. The van der Waals surface area contributed by atoms with Crippen LogP contribution in [0.2, 0.25) is 0 Å². The number of aliphatic hydroxyl groups excluding tert-OH is 1. The van der Waals surface area contributed by atoms with Gasteiger partial charge in [0.2, 0.25) is 0 Å². The van der Waals surface area contributed by atoms with Crippen LogP contribution in [0.25, 0.3) is 0 Å². The fourth-order valence-electron chi connectivity index (χ4n) is 9.32. The van der Waals surface area contributed by atoms with Gasteiger partial charge in [-0.05, 0) is 116 Å². The second-order valence-corrected chi connectivity index (χ2v) is 12.8. The quantitative estimate of drug-likeness (QED) is 0.470. The van der Waals surface area contributed by atoms with Gasteiger partial charge in [-0.15, -0.1) is 0 Å². The average molecular weight is 401 g/mol. The van der Waals surface area contributed by atoms with Crippen LogP contribution in [0.4, 0.5) is 0 Å². The maximum Gasteiger partial charge on any atom is 0.0577 e. The van der Waals surface area contributed by atoms with Crippen molar-refractivity contribution in [1.29, 1.82) is 0 Å². The first-order chi connectivity index (χ1) is 13.6. The zero-order chi connectivity index (χ0) is 21.0. The third-order valence-corrected chi connectivity index (χ3v) is 10.5. The van der Waals surface area contributed by atoms with E-state index in [1.54, 1.807) is 5.57 Å². The summed E-state index contributed by atoms with van der Waals surface area (Å²) in [6, 6.07) is 0. The van der Waals surface area contributed by atoms with E-state index in [9.17, 15) is 5.11 Å². The van der Waals surface area contributed by atoms with Gasteiger partial charge in [0.25, 0.3) is 0 Å². The Labute approximate surface area is 181 Å². The molecule has 166 valence electrons. The van der Waals surface area contributed by atoms with Gasteiger partial charge in [0.05, 0.1) is 6.10 Å². The molecule has 4 aliphatic carbocycles. The minimum absolute atomic E-state index is 0.0794. The Hall–Kier alpha value is -0.300. The molecule has 0 aromatic rings. The number of allylic oxidation sites excluding steroid dienone is 1. The van der Waals surface area contributed by atoms with Gasteiger partial charge in [-0.3, -0.25) is 0 Å². The van der Waals surface area contributed by atoms with Crippen LogP contribution in [-0.2, 0) is 0 Å². The Bertz CT molecular complexity index is 620. The highest BCUT2D eigenvalue weighted by molar-refractivity contribution is 5.25. The number of rotatable bonds is 5. The monoisotopic (exact) mass is 400 g/mol. The molecular weight excluding hydrogens is 352 g/mol. The van der Waals surface area contributed by atoms with Gasteiger partial charge in [-0.25, -0.2) is 0 Å². The molecule has 4 aliphatic rings. The average Bonchev–Trinajstić information content (AvgIpc) is 2.99. The fraction of sp³-hybridized carbons (Fsp3) is 0.929. The molecule has 0 aromatic heterocycles. The number of hydrogen-bond acceptors (Lipinski definition) is 1. The van der Waals surface area contributed by atoms with Crippen molar-refractivity contribution >= 4 is 0 Å². The Morgan fingerprint density at radius 2 is 1.72 bits per heavy atom. The third-order valence-electron chi connectivity index (χ3n) is 10.5. The molecule has 1 nitrogen and oxygen atoms in total. The smallest absolute Gasteiger partial charge is 0.0577 e. The molecule has 9 unspecified atom stereocenters. The molecular formula is C28H48O. The van der Waals surface area contributed by atoms with Gasteiger partial charge in [0.1, 0.15) is 0 Å². The van der Waals surface area contributed by atoms with Crippen LogP contribution in [0.15, 0.2) is 11.6 Å². The van der Waals surface area contributed by atoms with Crippen molar-refractivity contribution < 1.29 is 5.11 Å². The van der Waals surface area contributed by atoms with E-state index in [1.165, 1.54) is 51.4 Å². The summed E-state index contributed by atoms with van der Waals surface area (Å²) < 4.78 is 0. The Morgan fingerprint density at radius 3 is 2.45 bits per heavy atom. The van der Waals surface area contributed by atoms with Gasteiger partial charge in [-0.2, -0.15) is 0 Å². The first kappa shape index (κ1) is 21.9. The normalized spacial score (nSPS) is 46.5. The predicted octanol–water partition coefficient (Wildman–Crippen LogP) is 7.63. The zero-order valence-corrected chi connectivity index (χ0v) is 20.2. The zero-order valence-electron chi connectivity index (χ0n) is 20.2. The first-order valence-corrected chi connectivity index (χ1v) is 13.0. The topological polar surface area (TPSA) is 20.2 Å². The summed E-state index contributed by atoms with van der Waals surface area (Å²) in [4.78, 5) is 0. The van der Waals surface area contributed by atoms with Crippen LogP contribution >= 0.6 is 0 Å². The summed E-state index contributed by atoms with van der Waals surface area (Å²) in [5, 5.41) is 10.2. The summed E-state index contributed by atoms with van der Waals surface area (Å²) in [6.45, 7) is 15.1. The molecule has 0 amide bonds. The summed E-state index contributed by atoms with van der Waals surface area (Å²) in [6.07, 6.45) is 15.7. The lowest BCUT2D eigenvalue weighted by Crippen LogP contribution is -2.50. The second kappa shape index (κ2) is 7.99. The van der Waals surface area contributed by atoms with Crippen LogP contribution in [-0.4, -0.2) is 11.2 Å². The molecule has 0 heterocycles. The van der Waals surface area contributed by atoms with Gasteiger partial charge < -0.3 is 5.11 Å². The van der Waals surface area contributed by atoms with Crippen LogP contribution in [0, 0.1) is 52.3 Å². The van der Waals surface area contributed by atoms with E-state index < -0.39 is 0 Å². The van der Waals surface area contributed by atoms with E-state index in [1.807, 2.05) is 0 Å². The minimum Gasteiger partial charge on any atom is -0.393 e. The SMILES string of the molecule is CC(C)CC(C)CC(C)C1CCC2C3CC=C4CC(O)CCC4(C)C3CCC12C. The van der Waals surface area contributed by atoms with Crippen molar-refractivity contribution in [3.05, 3.63) is 11.6 Å². The van der Waals surface area contributed by atoms with Gasteiger partial charge in [-0.1, -0.05) is 53.2 Å².